The van der Waals surface area contributed by atoms with Crippen LogP contribution < -0.4 is 10.6 Å². The predicted molar refractivity (Wildman–Crippen MR) is 92.6 cm³/mol. The van der Waals surface area contributed by atoms with Crippen molar-refractivity contribution in [2.24, 2.45) is 4.99 Å². The van der Waals surface area contributed by atoms with Gasteiger partial charge in [-0.1, -0.05) is 15.9 Å². The predicted octanol–water partition coefficient (Wildman–Crippen LogP) is 3.44. The highest BCUT2D eigenvalue weighted by Crippen LogP contribution is 2.14. The normalized spacial score (nSPS) is 14.0. The molecule has 0 saturated carbocycles. The van der Waals surface area contributed by atoms with Gasteiger partial charge in [-0.2, -0.15) is 0 Å². The number of anilines is 1. The minimum Gasteiger partial charge on any atom is -0.370 e. The molecule has 0 atom stereocenters. The number of hydrogen-bond acceptors (Lipinski definition) is 3. The van der Waals surface area contributed by atoms with Gasteiger partial charge >= 0.3 is 0 Å². The van der Waals surface area contributed by atoms with Crippen molar-refractivity contribution < 1.29 is 4.79 Å². The van der Waals surface area contributed by atoms with Crippen LogP contribution >= 0.6 is 15.9 Å². The number of aliphatic imine (C=N–C) groups is 1. The lowest BCUT2D eigenvalue weighted by Crippen LogP contribution is -2.30. The van der Waals surface area contributed by atoms with Gasteiger partial charge in [0.1, 0.15) is 5.84 Å². The average molecular weight is 358 g/mol. The summed E-state index contributed by atoms with van der Waals surface area (Å²) in [6, 6.07) is 15.0. The number of amides is 1. The topological polar surface area (TPSA) is 53.5 Å². The zero-order chi connectivity index (χ0) is 15.4. The van der Waals surface area contributed by atoms with Gasteiger partial charge in [-0.15, -0.1) is 0 Å². The smallest absolute Gasteiger partial charge is 0.255 e. The molecule has 0 radical (unpaired) electrons. The molecule has 0 spiro atoms. The van der Waals surface area contributed by atoms with Crippen molar-refractivity contribution in [3.63, 3.8) is 0 Å². The Hall–Kier alpha value is -2.14. The zero-order valence-electron chi connectivity index (χ0n) is 12.0. The first-order valence-corrected chi connectivity index (χ1v) is 7.97. The first-order valence-electron chi connectivity index (χ1n) is 7.18. The third-order valence-corrected chi connectivity index (χ3v) is 3.95. The van der Waals surface area contributed by atoms with Gasteiger partial charge in [0.05, 0.1) is 0 Å². The van der Waals surface area contributed by atoms with Crippen LogP contribution in [0.3, 0.4) is 0 Å². The fourth-order valence-electron chi connectivity index (χ4n) is 2.24. The second-order valence-corrected chi connectivity index (χ2v) is 5.96. The first kappa shape index (κ1) is 14.8. The number of amidine groups is 1. The number of rotatable bonds is 3. The number of nitrogens with zero attached hydrogens (tertiary/aromatic N) is 1. The molecule has 1 heterocycles. The highest BCUT2D eigenvalue weighted by Gasteiger charge is 2.08. The standard InChI is InChI=1S/C17H16BrN3O/c18-14-6-2-13(3-7-14)17(22)21-15-8-4-12(5-9-15)16-19-10-1-11-20-16/h2-9H,1,10-11H2,(H,19,20)(H,21,22). The van der Waals surface area contributed by atoms with Crippen LogP contribution in [0, 0.1) is 0 Å². The lowest BCUT2D eigenvalue weighted by Gasteiger charge is -2.15. The molecule has 112 valence electrons. The monoisotopic (exact) mass is 357 g/mol. The van der Waals surface area contributed by atoms with E-state index in [1.54, 1.807) is 12.1 Å². The van der Waals surface area contributed by atoms with Crippen LogP contribution in [0.25, 0.3) is 0 Å². The van der Waals surface area contributed by atoms with E-state index in [1.807, 2.05) is 36.4 Å². The molecule has 3 rings (SSSR count). The molecule has 0 aromatic heterocycles. The van der Waals surface area contributed by atoms with Gasteiger partial charge in [0.15, 0.2) is 0 Å². The number of benzene rings is 2. The maximum atomic E-state index is 12.1. The van der Waals surface area contributed by atoms with Crippen molar-refractivity contribution in [2.75, 3.05) is 18.4 Å². The molecule has 2 N–H and O–H groups in total. The molecule has 0 unspecified atom stereocenters. The van der Waals surface area contributed by atoms with Gasteiger partial charge in [0.2, 0.25) is 0 Å². The van der Waals surface area contributed by atoms with Gasteiger partial charge in [-0.25, -0.2) is 0 Å². The molecular weight excluding hydrogens is 342 g/mol. The molecule has 2 aromatic rings. The summed E-state index contributed by atoms with van der Waals surface area (Å²) in [6.07, 6.45) is 1.07. The van der Waals surface area contributed by atoms with E-state index < -0.39 is 0 Å². The number of hydrogen-bond donors (Lipinski definition) is 2. The van der Waals surface area contributed by atoms with E-state index in [9.17, 15) is 4.79 Å². The Labute approximate surface area is 137 Å². The van der Waals surface area contributed by atoms with Crippen molar-refractivity contribution >= 4 is 33.4 Å². The molecule has 2 aromatic carbocycles. The molecule has 5 heteroatoms. The fraction of sp³-hybridized carbons (Fsp3) is 0.176. The van der Waals surface area contributed by atoms with E-state index in [1.165, 1.54) is 0 Å². The summed E-state index contributed by atoms with van der Waals surface area (Å²) in [7, 11) is 0. The van der Waals surface area contributed by atoms with Crippen molar-refractivity contribution in [1.29, 1.82) is 0 Å². The van der Waals surface area contributed by atoms with Crippen LogP contribution in [0.15, 0.2) is 58.0 Å². The Morgan fingerprint density at radius 3 is 2.45 bits per heavy atom. The molecule has 0 aliphatic carbocycles. The van der Waals surface area contributed by atoms with E-state index >= 15 is 0 Å². The maximum absolute atomic E-state index is 12.1. The summed E-state index contributed by atoms with van der Waals surface area (Å²) in [5.41, 5.74) is 2.44. The summed E-state index contributed by atoms with van der Waals surface area (Å²) in [5.74, 6) is 0.811. The Kier molecular flexibility index (Phi) is 4.53. The molecule has 22 heavy (non-hydrogen) atoms. The lowest BCUT2D eigenvalue weighted by atomic mass is 10.1. The molecule has 0 saturated heterocycles. The number of halogens is 1. The summed E-state index contributed by atoms with van der Waals surface area (Å²) in [5, 5.41) is 6.18. The molecule has 1 amide bonds. The van der Waals surface area contributed by atoms with Crippen molar-refractivity contribution in [3.05, 3.63) is 64.1 Å². The number of carbonyl (C=O) groups excluding carboxylic acids is 1. The largest absolute Gasteiger partial charge is 0.370 e. The van der Waals surface area contributed by atoms with Crippen LogP contribution in [-0.2, 0) is 0 Å². The molecule has 4 nitrogen and oxygen atoms in total. The van der Waals surface area contributed by atoms with E-state index in [0.29, 0.717) is 5.56 Å². The Balaban J connectivity index is 1.69. The third-order valence-electron chi connectivity index (χ3n) is 3.42. The number of nitrogens with one attached hydrogen (secondary N) is 2. The quantitative estimate of drug-likeness (QED) is 0.883. The summed E-state index contributed by atoms with van der Waals surface area (Å²) in [6.45, 7) is 1.82. The van der Waals surface area contributed by atoms with Gasteiger partial charge in [-0.05, 0) is 55.0 Å². The SMILES string of the molecule is O=C(Nc1ccc(C2=NCCCN2)cc1)c1ccc(Br)cc1. The van der Waals surface area contributed by atoms with Crippen LogP contribution in [0.5, 0.6) is 0 Å². The van der Waals surface area contributed by atoms with Gasteiger partial charge in [0, 0.05) is 34.4 Å². The van der Waals surface area contributed by atoms with Crippen LogP contribution in [-0.4, -0.2) is 24.8 Å². The van der Waals surface area contributed by atoms with E-state index in [-0.39, 0.29) is 5.91 Å². The third kappa shape index (κ3) is 3.54. The summed E-state index contributed by atoms with van der Waals surface area (Å²) in [4.78, 5) is 16.6. The van der Waals surface area contributed by atoms with Crippen LogP contribution in [0.4, 0.5) is 5.69 Å². The second-order valence-electron chi connectivity index (χ2n) is 5.05. The molecule has 1 aliphatic rings. The molecule has 0 bridgehead atoms. The van der Waals surface area contributed by atoms with Crippen LogP contribution in [0.2, 0.25) is 0 Å². The first-order chi connectivity index (χ1) is 10.7. The average Bonchev–Trinajstić information content (AvgIpc) is 2.57. The summed E-state index contributed by atoms with van der Waals surface area (Å²) >= 11 is 3.36. The van der Waals surface area contributed by atoms with E-state index in [2.05, 4.69) is 31.6 Å². The minimum atomic E-state index is -0.117. The Bertz CT molecular complexity index is 693. The summed E-state index contributed by atoms with van der Waals surface area (Å²) < 4.78 is 0.953. The van der Waals surface area contributed by atoms with Crippen molar-refractivity contribution in [2.45, 2.75) is 6.42 Å². The molecular formula is C17H16BrN3O. The van der Waals surface area contributed by atoms with Gasteiger partial charge < -0.3 is 10.6 Å². The minimum absolute atomic E-state index is 0.117. The fourth-order valence-corrected chi connectivity index (χ4v) is 2.51. The zero-order valence-corrected chi connectivity index (χ0v) is 13.6. The Morgan fingerprint density at radius 2 is 1.82 bits per heavy atom. The van der Waals surface area contributed by atoms with Gasteiger partial charge in [0.25, 0.3) is 5.91 Å². The molecule has 0 fully saturated rings. The number of carbonyl (C=O) groups is 1. The van der Waals surface area contributed by atoms with E-state index in [0.717, 1.165) is 41.1 Å². The maximum Gasteiger partial charge on any atom is 0.255 e. The molecule has 1 aliphatic heterocycles. The van der Waals surface area contributed by atoms with Crippen molar-refractivity contribution in [3.8, 4) is 0 Å². The van der Waals surface area contributed by atoms with Gasteiger partial charge in [-0.3, -0.25) is 9.79 Å². The van der Waals surface area contributed by atoms with Crippen molar-refractivity contribution in [1.82, 2.24) is 5.32 Å². The van der Waals surface area contributed by atoms with Crippen LogP contribution in [0.1, 0.15) is 22.3 Å². The van der Waals surface area contributed by atoms with E-state index in [4.69, 9.17) is 0 Å². The highest BCUT2D eigenvalue weighted by molar-refractivity contribution is 9.10. The second kappa shape index (κ2) is 6.75. The Morgan fingerprint density at radius 1 is 1.09 bits per heavy atom. The lowest BCUT2D eigenvalue weighted by molar-refractivity contribution is 0.102. The highest BCUT2D eigenvalue weighted by atomic mass is 79.9.